The lowest BCUT2D eigenvalue weighted by Gasteiger charge is -2.39. The fraction of sp³-hybridized carbons (Fsp3) is 0.941. The highest BCUT2D eigenvalue weighted by molar-refractivity contribution is 5.79. The molecule has 0 aromatic heterocycles. The first-order valence-corrected chi connectivity index (χ1v) is 9.07. The molecule has 3 aliphatic rings. The summed E-state index contributed by atoms with van der Waals surface area (Å²) in [5.41, 5.74) is 6.05. The lowest BCUT2D eigenvalue weighted by Crippen LogP contribution is -2.48. The molecular weight excluding hydrogens is 278 g/mol. The summed E-state index contributed by atoms with van der Waals surface area (Å²) in [6.07, 6.45) is 6.54. The number of piperidine rings is 1. The molecule has 1 amide bonds. The van der Waals surface area contributed by atoms with E-state index in [1.54, 1.807) is 0 Å². The highest BCUT2D eigenvalue weighted by Gasteiger charge is 2.32. The first-order valence-electron chi connectivity index (χ1n) is 9.07. The number of hydrogen-bond acceptors (Lipinski definition) is 4. The molecule has 2 heterocycles. The normalized spacial score (nSPS) is 34.6. The summed E-state index contributed by atoms with van der Waals surface area (Å²) in [6, 6.07) is 0.233. The van der Waals surface area contributed by atoms with E-state index < -0.39 is 0 Å². The van der Waals surface area contributed by atoms with Crippen molar-refractivity contribution in [2.75, 3.05) is 45.9 Å². The summed E-state index contributed by atoms with van der Waals surface area (Å²) in [6.45, 7) is 6.82. The standard InChI is InChI=1S/C17H31N3O2/c18-16-5-1-4-15(11-16)17(21)20-6-2-3-14(13-20)12-19-7-9-22-10-8-19/h14-16H,1-13,18H2. The monoisotopic (exact) mass is 309 g/mol. The van der Waals surface area contributed by atoms with Crippen molar-refractivity contribution >= 4 is 5.91 Å². The Bertz CT molecular complexity index is 371. The molecule has 5 heteroatoms. The van der Waals surface area contributed by atoms with E-state index in [1.807, 2.05) is 0 Å². The molecule has 1 saturated carbocycles. The summed E-state index contributed by atoms with van der Waals surface area (Å²) in [5.74, 6) is 1.20. The number of likely N-dealkylation sites (tertiary alicyclic amines) is 1. The Labute approximate surface area is 134 Å². The Morgan fingerprint density at radius 1 is 1.09 bits per heavy atom. The molecule has 1 aliphatic carbocycles. The predicted octanol–water partition coefficient (Wildman–Crippen LogP) is 1.07. The van der Waals surface area contributed by atoms with Gasteiger partial charge in [-0.1, -0.05) is 6.42 Å². The molecule has 0 bridgehead atoms. The van der Waals surface area contributed by atoms with Gasteiger partial charge in [-0.15, -0.1) is 0 Å². The topological polar surface area (TPSA) is 58.8 Å². The zero-order chi connectivity index (χ0) is 15.4. The maximum atomic E-state index is 12.8. The molecule has 2 saturated heterocycles. The molecule has 2 N–H and O–H groups in total. The third-order valence-corrected chi connectivity index (χ3v) is 5.51. The summed E-state index contributed by atoms with van der Waals surface area (Å²) < 4.78 is 5.42. The second kappa shape index (κ2) is 7.75. The van der Waals surface area contributed by atoms with Crippen molar-refractivity contribution in [3.8, 4) is 0 Å². The van der Waals surface area contributed by atoms with Crippen LogP contribution in [0.4, 0.5) is 0 Å². The third kappa shape index (κ3) is 4.21. The van der Waals surface area contributed by atoms with Crippen molar-refractivity contribution in [3.05, 3.63) is 0 Å². The number of nitrogens with two attached hydrogens (primary N) is 1. The third-order valence-electron chi connectivity index (χ3n) is 5.51. The van der Waals surface area contributed by atoms with Crippen molar-refractivity contribution in [1.29, 1.82) is 0 Å². The maximum Gasteiger partial charge on any atom is 0.225 e. The molecule has 0 aromatic carbocycles. The van der Waals surface area contributed by atoms with Crippen LogP contribution >= 0.6 is 0 Å². The molecule has 3 fully saturated rings. The Hall–Kier alpha value is -0.650. The van der Waals surface area contributed by atoms with Crippen LogP contribution in [0.2, 0.25) is 0 Å². The molecule has 0 radical (unpaired) electrons. The van der Waals surface area contributed by atoms with Crippen LogP contribution in [-0.4, -0.2) is 67.7 Å². The average Bonchev–Trinajstić information content (AvgIpc) is 2.55. The van der Waals surface area contributed by atoms with Crippen LogP contribution in [0.5, 0.6) is 0 Å². The minimum atomic E-state index is 0.186. The van der Waals surface area contributed by atoms with E-state index >= 15 is 0 Å². The number of amides is 1. The largest absolute Gasteiger partial charge is 0.379 e. The van der Waals surface area contributed by atoms with Crippen LogP contribution in [0.3, 0.4) is 0 Å². The molecule has 3 atom stereocenters. The van der Waals surface area contributed by atoms with Gasteiger partial charge in [-0.05, 0) is 38.0 Å². The maximum absolute atomic E-state index is 12.8. The zero-order valence-electron chi connectivity index (χ0n) is 13.7. The van der Waals surface area contributed by atoms with Gasteiger partial charge in [-0.2, -0.15) is 0 Å². The van der Waals surface area contributed by atoms with Gasteiger partial charge in [0.05, 0.1) is 13.2 Å². The Kier molecular flexibility index (Phi) is 5.71. The first-order chi connectivity index (χ1) is 10.7. The minimum absolute atomic E-state index is 0.186. The minimum Gasteiger partial charge on any atom is -0.379 e. The summed E-state index contributed by atoms with van der Waals surface area (Å²) in [7, 11) is 0. The molecule has 0 aromatic rings. The Morgan fingerprint density at radius 3 is 2.68 bits per heavy atom. The van der Waals surface area contributed by atoms with Gasteiger partial charge in [0.2, 0.25) is 5.91 Å². The first kappa shape index (κ1) is 16.2. The molecule has 0 spiro atoms. The summed E-state index contributed by atoms with van der Waals surface area (Å²) in [4.78, 5) is 17.4. The average molecular weight is 309 g/mol. The molecule has 3 rings (SSSR count). The Balaban J connectivity index is 1.50. The van der Waals surface area contributed by atoms with Gasteiger partial charge in [0.25, 0.3) is 0 Å². The van der Waals surface area contributed by atoms with Crippen LogP contribution < -0.4 is 5.73 Å². The molecule has 2 aliphatic heterocycles. The smallest absolute Gasteiger partial charge is 0.225 e. The van der Waals surface area contributed by atoms with Gasteiger partial charge >= 0.3 is 0 Å². The number of hydrogen-bond donors (Lipinski definition) is 1. The molecule has 126 valence electrons. The van der Waals surface area contributed by atoms with Gasteiger partial charge < -0.3 is 15.4 Å². The summed E-state index contributed by atoms with van der Waals surface area (Å²) in [5, 5.41) is 0. The van der Waals surface area contributed by atoms with E-state index in [9.17, 15) is 4.79 Å². The van der Waals surface area contributed by atoms with E-state index in [-0.39, 0.29) is 12.0 Å². The molecule has 3 unspecified atom stereocenters. The van der Waals surface area contributed by atoms with Crippen molar-refractivity contribution in [3.63, 3.8) is 0 Å². The SMILES string of the molecule is NC1CCCC(C(=O)N2CCCC(CN3CCOCC3)C2)C1. The van der Waals surface area contributed by atoms with E-state index in [2.05, 4.69) is 9.80 Å². The summed E-state index contributed by atoms with van der Waals surface area (Å²) >= 11 is 0. The van der Waals surface area contributed by atoms with Gasteiger partial charge in [0, 0.05) is 44.7 Å². The lowest BCUT2D eigenvalue weighted by molar-refractivity contribution is -0.138. The number of nitrogens with zero attached hydrogens (tertiary/aromatic N) is 2. The number of carbonyl (C=O) groups excluding carboxylic acids is 1. The fourth-order valence-electron chi connectivity index (χ4n) is 4.27. The van der Waals surface area contributed by atoms with Gasteiger partial charge in [-0.3, -0.25) is 9.69 Å². The van der Waals surface area contributed by atoms with Crippen LogP contribution in [0.1, 0.15) is 38.5 Å². The predicted molar refractivity (Wildman–Crippen MR) is 86.5 cm³/mol. The molecular formula is C17H31N3O2. The van der Waals surface area contributed by atoms with E-state index in [0.29, 0.717) is 11.8 Å². The van der Waals surface area contributed by atoms with Crippen LogP contribution in [0.25, 0.3) is 0 Å². The van der Waals surface area contributed by atoms with Crippen LogP contribution in [0, 0.1) is 11.8 Å². The Morgan fingerprint density at radius 2 is 1.91 bits per heavy atom. The van der Waals surface area contributed by atoms with Crippen molar-refractivity contribution < 1.29 is 9.53 Å². The number of carbonyl (C=O) groups is 1. The van der Waals surface area contributed by atoms with Crippen molar-refractivity contribution in [1.82, 2.24) is 9.80 Å². The van der Waals surface area contributed by atoms with Gasteiger partial charge in [0.1, 0.15) is 0 Å². The number of ether oxygens (including phenoxy) is 1. The highest BCUT2D eigenvalue weighted by atomic mass is 16.5. The van der Waals surface area contributed by atoms with Crippen LogP contribution in [-0.2, 0) is 9.53 Å². The van der Waals surface area contributed by atoms with Gasteiger partial charge in [-0.25, -0.2) is 0 Å². The van der Waals surface area contributed by atoms with Crippen molar-refractivity contribution in [2.45, 2.75) is 44.6 Å². The highest BCUT2D eigenvalue weighted by Crippen LogP contribution is 2.27. The lowest BCUT2D eigenvalue weighted by atomic mass is 9.84. The molecule has 22 heavy (non-hydrogen) atoms. The number of morpholine rings is 1. The second-order valence-corrected chi connectivity index (χ2v) is 7.33. The molecule has 5 nitrogen and oxygen atoms in total. The van der Waals surface area contributed by atoms with Gasteiger partial charge in [0.15, 0.2) is 0 Å². The zero-order valence-corrected chi connectivity index (χ0v) is 13.7. The fourth-order valence-corrected chi connectivity index (χ4v) is 4.27. The second-order valence-electron chi connectivity index (χ2n) is 7.33. The number of rotatable bonds is 3. The van der Waals surface area contributed by atoms with Crippen LogP contribution in [0.15, 0.2) is 0 Å². The van der Waals surface area contributed by atoms with E-state index in [0.717, 1.165) is 78.0 Å². The quantitative estimate of drug-likeness (QED) is 0.847. The van der Waals surface area contributed by atoms with E-state index in [1.165, 1.54) is 6.42 Å². The van der Waals surface area contributed by atoms with Crippen molar-refractivity contribution in [2.24, 2.45) is 17.6 Å². The van der Waals surface area contributed by atoms with E-state index in [4.69, 9.17) is 10.5 Å².